The molecule has 0 amide bonds. The van der Waals surface area contributed by atoms with Gasteiger partial charge in [-0.3, -0.25) is 5.10 Å². The topological polar surface area (TPSA) is 63.9 Å². The van der Waals surface area contributed by atoms with Crippen molar-refractivity contribution in [3.63, 3.8) is 0 Å². The van der Waals surface area contributed by atoms with Crippen LogP contribution in [0.3, 0.4) is 0 Å². The van der Waals surface area contributed by atoms with Crippen LogP contribution in [0.15, 0.2) is 18.2 Å². The fraction of sp³-hybridized carbons (Fsp3) is 0.308. The van der Waals surface area contributed by atoms with E-state index in [0.717, 1.165) is 22.5 Å². The first-order valence-electron chi connectivity index (χ1n) is 5.75. The molecule has 0 bridgehead atoms. The number of nitrogens with one attached hydrogen (secondary N) is 1. The van der Waals surface area contributed by atoms with Gasteiger partial charge in [-0.2, -0.15) is 5.10 Å². The minimum absolute atomic E-state index is 0.228. The van der Waals surface area contributed by atoms with E-state index in [1.165, 1.54) is 13.2 Å². The maximum absolute atomic E-state index is 13.7. The number of aromatic nitrogens is 2. The zero-order chi connectivity index (χ0) is 13.1. The predicted octanol–water partition coefficient (Wildman–Crippen LogP) is 2.03. The zero-order valence-electron chi connectivity index (χ0n) is 10.5. The first kappa shape index (κ1) is 12.6. The fourth-order valence-corrected chi connectivity index (χ4v) is 1.96. The smallest absolute Gasteiger partial charge is 0.165 e. The number of hydrogen-bond donors (Lipinski definition) is 2. The highest BCUT2D eigenvalue weighted by Crippen LogP contribution is 2.27. The summed E-state index contributed by atoms with van der Waals surface area (Å²) < 4.78 is 18.6. The predicted molar refractivity (Wildman–Crippen MR) is 68.0 cm³/mol. The highest BCUT2D eigenvalue weighted by molar-refractivity contribution is 5.65. The molecule has 96 valence electrons. The number of halogens is 1. The van der Waals surface area contributed by atoms with E-state index in [9.17, 15) is 4.39 Å². The monoisotopic (exact) mass is 249 g/mol. The minimum atomic E-state index is -0.394. The summed E-state index contributed by atoms with van der Waals surface area (Å²) in [7, 11) is 1.44. The lowest BCUT2D eigenvalue weighted by Gasteiger charge is -2.05. The summed E-state index contributed by atoms with van der Waals surface area (Å²) in [6.07, 6.45) is 0.714. The molecule has 0 saturated heterocycles. The molecular formula is C13H16FN3O. The molecule has 4 nitrogen and oxygen atoms in total. The number of methoxy groups -OCH3 is 1. The number of nitrogens with two attached hydrogens (primary N) is 1. The Hall–Kier alpha value is -1.88. The number of hydrogen-bond acceptors (Lipinski definition) is 3. The van der Waals surface area contributed by atoms with Crippen molar-refractivity contribution in [1.29, 1.82) is 0 Å². The van der Waals surface area contributed by atoms with Crippen molar-refractivity contribution in [2.75, 3.05) is 13.7 Å². The average Bonchev–Trinajstić information content (AvgIpc) is 2.72. The summed E-state index contributed by atoms with van der Waals surface area (Å²) in [6.45, 7) is 2.47. The second kappa shape index (κ2) is 5.18. The number of aryl methyl sites for hydroxylation is 1. The Morgan fingerprint density at radius 1 is 1.44 bits per heavy atom. The van der Waals surface area contributed by atoms with E-state index < -0.39 is 5.82 Å². The number of nitrogens with zero attached hydrogens (tertiary/aromatic N) is 1. The van der Waals surface area contributed by atoms with Crippen molar-refractivity contribution in [3.05, 3.63) is 35.3 Å². The van der Waals surface area contributed by atoms with Gasteiger partial charge < -0.3 is 10.5 Å². The first-order chi connectivity index (χ1) is 8.67. The molecule has 2 aromatic rings. The van der Waals surface area contributed by atoms with Crippen LogP contribution < -0.4 is 10.5 Å². The lowest BCUT2D eigenvalue weighted by Crippen LogP contribution is -2.04. The van der Waals surface area contributed by atoms with Gasteiger partial charge in [-0.25, -0.2) is 4.39 Å². The van der Waals surface area contributed by atoms with E-state index in [1.54, 1.807) is 12.1 Å². The maximum atomic E-state index is 13.7. The normalized spacial score (nSPS) is 10.7. The third-order valence-electron chi connectivity index (χ3n) is 2.89. The van der Waals surface area contributed by atoms with Gasteiger partial charge in [0.2, 0.25) is 0 Å². The Morgan fingerprint density at radius 2 is 2.22 bits per heavy atom. The molecule has 0 atom stereocenters. The van der Waals surface area contributed by atoms with Gasteiger partial charge in [0.15, 0.2) is 11.6 Å². The quantitative estimate of drug-likeness (QED) is 0.871. The Labute approximate surface area is 105 Å². The number of ether oxygens (including phenoxy) is 1. The molecule has 2 rings (SSSR count). The summed E-state index contributed by atoms with van der Waals surface area (Å²) in [5.74, 6) is -0.166. The SMILES string of the molecule is COc1ccc(-c2n[nH]c(C)c2CCN)cc1F. The van der Waals surface area contributed by atoms with Crippen LogP contribution in [0.1, 0.15) is 11.3 Å². The molecular weight excluding hydrogens is 233 g/mol. The van der Waals surface area contributed by atoms with Crippen LogP contribution in [0.25, 0.3) is 11.3 Å². The first-order valence-corrected chi connectivity index (χ1v) is 5.75. The van der Waals surface area contributed by atoms with E-state index >= 15 is 0 Å². The molecule has 0 radical (unpaired) electrons. The fourth-order valence-electron chi connectivity index (χ4n) is 1.96. The molecule has 0 aliphatic heterocycles. The molecule has 1 heterocycles. The van der Waals surface area contributed by atoms with Gasteiger partial charge in [-0.05, 0) is 38.1 Å². The maximum Gasteiger partial charge on any atom is 0.165 e. The van der Waals surface area contributed by atoms with Crippen molar-refractivity contribution >= 4 is 0 Å². The van der Waals surface area contributed by atoms with Crippen molar-refractivity contribution < 1.29 is 9.13 Å². The lowest BCUT2D eigenvalue weighted by atomic mass is 10.0. The molecule has 0 fully saturated rings. The minimum Gasteiger partial charge on any atom is -0.494 e. The summed E-state index contributed by atoms with van der Waals surface area (Å²) in [5.41, 5.74) is 9.04. The third-order valence-corrected chi connectivity index (χ3v) is 2.89. The van der Waals surface area contributed by atoms with E-state index in [2.05, 4.69) is 10.2 Å². The second-order valence-electron chi connectivity index (χ2n) is 4.06. The highest BCUT2D eigenvalue weighted by Gasteiger charge is 2.13. The van der Waals surface area contributed by atoms with E-state index in [-0.39, 0.29) is 5.75 Å². The van der Waals surface area contributed by atoms with E-state index in [4.69, 9.17) is 10.5 Å². The number of benzene rings is 1. The molecule has 18 heavy (non-hydrogen) atoms. The summed E-state index contributed by atoms with van der Waals surface area (Å²) in [4.78, 5) is 0. The Kier molecular flexibility index (Phi) is 3.62. The van der Waals surface area contributed by atoms with Crippen LogP contribution in [0.2, 0.25) is 0 Å². The van der Waals surface area contributed by atoms with Crippen molar-refractivity contribution in [2.24, 2.45) is 5.73 Å². The van der Waals surface area contributed by atoms with Crippen molar-refractivity contribution in [1.82, 2.24) is 10.2 Å². The molecule has 0 saturated carbocycles. The second-order valence-corrected chi connectivity index (χ2v) is 4.06. The molecule has 3 N–H and O–H groups in total. The van der Waals surface area contributed by atoms with E-state index in [0.29, 0.717) is 13.0 Å². The molecule has 0 aliphatic rings. The van der Waals surface area contributed by atoms with Gasteiger partial charge in [0.1, 0.15) is 0 Å². The third kappa shape index (κ3) is 2.22. The van der Waals surface area contributed by atoms with Crippen LogP contribution in [0, 0.1) is 12.7 Å². The number of rotatable bonds is 4. The van der Waals surface area contributed by atoms with Crippen LogP contribution in [-0.4, -0.2) is 23.9 Å². The largest absolute Gasteiger partial charge is 0.494 e. The van der Waals surface area contributed by atoms with Crippen LogP contribution in [-0.2, 0) is 6.42 Å². The van der Waals surface area contributed by atoms with Crippen LogP contribution >= 0.6 is 0 Å². The molecule has 0 unspecified atom stereocenters. The average molecular weight is 249 g/mol. The highest BCUT2D eigenvalue weighted by atomic mass is 19.1. The van der Waals surface area contributed by atoms with Gasteiger partial charge in [-0.15, -0.1) is 0 Å². The number of aromatic amines is 1. The van der Waals surface area contributed by atoms with Gasteiger partial charge in [0.05, 0.1) is 12.8 Å². The zero-order valence-corrected chi connectivity index (χ0v) is 10.5. The summed E-state index contributed by atoms with van der Waals surface area (Å²) >= 11 is 0. The molecule has 1 aromatic carbocycles. The molecule has 5 heteroatoms. The Morgan fingerprint density at radius 3 is 2.83 bits per heavy atom. The van der Waals surface area contributed by atoms with Crippen LogP contribution in [0.4, 0.5) is 4.39 Å². The van der Waals surface area contributed by atoms with Crippen molar-refractivity contribution in [3.8, 4) is 17.0 Å². The molecule has 0 aliphatic carbocycles. The Bertz CT molecular complexity index is 551. The standard InChI is InChI=1S/C13H16FN3O/c1-8-10(5-6-15)13(17-16-8)9-3-4-12(18-2)11(14)7-9/h3-4,7H,5-6,15H2,1-2H3,(H,16,17). The van der Waals surface area contributed by atoms with Crippen LogP contribution in [0.5, 0.6) is 5.75 Å². The Balaban J connectivity index is 2.45. The molecule has 0 spiro atoms. The van der Waals surface area contributed by atoms with Gasteiger partial charge in [0.25, 0.3) is 0 Å². The van der Waals surface area contributed by atoms with Crippen molar-refractivity contribution in [2.45, 2.75) is 13.3 Å². The van der Waals surface area contributed by atoms with Gasteiger partial charge in [-0.1, -0.05) is 0 Å². The van der Waals surface area contributed by atoms with Gasteiger partial charge >= 0.3 is 0 Å². The number of H-pyrrole nitrogens is 1. The molecule has 1 aromatic heterocycles. The van der Waals surface area contributed by atoms with E-state index in [1.807, 2.05) is 6.92 Å². The van der Waals surface area contributed by atoms with Gasteiger partial charge in [0, 0.05) is 16.8 Å². The summed E-state index contributed by atoms with van der Waals surface area (Å²) in [5, 5.41) is 7.12. The lowest BCUT2D eigenvalue weighted by molar-refractivity contribution is 0.386. The summed E-state index contributed by atoms with van der Waals surface area (Å²) in [6, 6.07) is 4.81.